The summed E-state index contributed by atoms with van der Waals surface area (Å²) in [5.74, 6) is 0.814. The monoisotopic (exact) mass is 267 g/mol. The van der Waals surface area contributed by atoms with Crippen molar-refractivity contribution in [3.05, 3.63) is 23.7 Å². The highest BCUT2D eigenvalue weighted by Crippen LogP contribution is 2.27. The molecule has 0 amide bonds. The molecule has 0 aliphatic carbocycles. The van der Waals surface area contributed by atoms with Gasteiger partial charge in [0.15, 0.2) is 0 Å². The zero-order chi connectivity index (χ0) is 14.0. The first kappa shape index (κ1) is 14.1. The summed E-state index contributed by atoms with van der Waals surface area (Å²) in [7, 11) is 1.33. The number of carbonyl (C=O) groups is 1. The average molecular weight is 267 g/mol. The predicted octanol–water partition coefficient (Wildman–Crippen LogP) is 1.83. The predicted molar refractivity (Wildman–Crippen MR) is 69.8 cm³/mol. The second-order valence-corrected chi connectivity index (χ2v) is 5.20. The molecular weight excluding hydrogens is 246 g/mol. The third-order valence-electron chi connectivity index (χ3n) is 3.92. The maximum atomic E-state index is 11.4. The number of aliphatic hydroxyl groups excluding tert-OH is 1. The quantitative estimate of drug-likeness (QED) is 0.846. The van der Waals surface area contributed by atoms with Crippen LogP contribution >= 0.6 is 0 Å². The maximum Gasteiger partial charge on any atom is 0.373 e. The van der Waals surface area contributed by atoms with Crippen molar-refractivity contribution in [3.8, 4) is 0 Å². The van der Waals surface area contributed by atoms with Crippen molar-refractivity contribution in [1.29, 1.82) is 0 Å². The molecule has 2 heterocycles. The minimum Gasteiger partial charge on any atom is -0.463 e. The Balaban J connectivity index is 2.05. The number of methoxy groups -OCH3 is 1. The van der Waals surface area contributed by atoms with Gasteiger partial charge in [-0.2, -0.15) is 0 Å². The molecule has 19 heavy (non-hydrogen) atoms. The van der Waals surface area contributed by atoms with E-state index in [2.05, 4.69) is 16.6 Å². The zero-order valence-electron chi connectivity index (χ0n) is 11.6. The standard InChI is InChI=1S/C14H21NO4/c1-9-6-7-15(8-11(9)16)10(2)12-4-5-13(19-12)14(17)18-3/h4-5,9-11,16H,6-8H2,1-3H3. The first-order chi connectivity index (χ1) is 9.02. The van der Waals surface area contributed by atoms with Crippen LogP contribution in [0.1, 0.15) is 42.6 Å². The fourth-order valence-electron chi connectivity index (χ4n) is 2.39. The number of β-amino-alcohol motifs (C(OH)–C–C–N with tert-alkyl or cyclic N) is 1. The summed E-state index contributed by atoms with van der Waals surface area (Å²) in [5, 5.41) is 9.93. The molecule has 3 atom stereocenters. The number of hydrogen-bond donors (Lipinski definition) is 1. The summed E-state index contributed by atoms with van der Waals surface area (Å²) in [6, 6.07) is 3.46. The van der Waals surface area contributed by atoms with Crippen molar-refractivity contribution in [1.82, 2.24) is 4.90 Å². The molecule has 1 aliphatic heterocycles. The number of ether oxygens (including phenoxy) is 1. The van der Waals surface area contributed by atoms with E-state index in [0.29, 0.717) is 12.5 Å². The van der Waals surface area contributed by atoms with Crippen molar-refractivity contribution < 1.29 is 19.1 Å². The summed E-state index contributed by atoms with van der Waals surface area (Å²) in [4.78, 5) is 13.5. The lowest BCUT2D eigenvalue weighted by molar-refractivity contribution is 0.00867. The van der Waals surface area contributed by atoms with Crippen LogP contribution in [-0.4, -0.2) is 42.3 Å². The number of rotatable bonds is 3. The number of nitrogens with zero attached hydrogens (tertiary/aromatic N) is 1. The molecule has 0 aromatic carbocycles. The molecule has 5 nitrogen and oxygen atoms in total. The van der Waals surface area contributed by atoms with Crippen LogP contribution in [-0.2, 0) is 4.74 Å². The van der Waals surface area contributed by atoms with Gasteiger partial charge < -0.3 is 14.3 Å². The maximum absolute atomic E-state index is 11.4. The molecule has 0 spiro atoms. The lowest BCUT2D eigenvalue weighted by Gasteiger charge is -2.37. The minimum absolute atomic E-state index is 0.0422. The van der Waals surface area contributed by atoms with Gasteiger partial charge in [-0.3, -0.25) is 4.90 Å². The Labute approximate surface area is 113 Å². The highest BCUT2D eigenvalue weighted by atomic mass is 16.5. The Morgan fingerprint density at radius 1 is 1.58 bits per heavy atom. The summed E-state index contributed by atoms with van der Waals surface area (Å²) >= 11 is 0. The number of hydrogen-bond acceptors (Lipinski definition) is 5. The number of likely N-dealkylation sites (tertiary alicyclic amines) is 1. The Morgan fingerprint density at radius 2 is 2.32 bits per heavy atom. The first-order valence-corrected chi connectivity index (χ1v) is 6.63. The molecule has 1 saturated heterocycles. The first-order valence-electron chi connectivity index (χ1n) is 6.63. The molecule has 1 aromatic heterocycles. The van der Waals surface area contributed by atoms with E-state index in [-0.39, 0.29) is 17.9 Å². The summed E-state index contributed by atoms with van der Waals surface area (Å²) in [6.45, 7) is 5.64. The van der Waals surface area contributed by atoms with Gasteiger partial charge in [-0.25, -0.2) is 4.79 Å². The zero-order valence-corrected chi connectivity index (χ0v) is 11.6. The third-order valence-corrected chi connectivity index (χ3v) is 3.92. The highest BCUT2D eigenvalue weighted by molar-refractivity contribution is 5.86. The molecule has 2 rings (SSSR count). The summed E-state index contributed by atoms with van der Waals surface area (Å²) in [5.41, 5.74) is 0. The van der Waals surface area contributed by atoms with E-state index < -0.39 is 5.97 Å². The van der Waals surface area contributed by atoms with E-state index in [0.717, 1.165) is 18.7 Å². The van der Waals surface area contributed by atoms with Crippen molar-refractivity contribution in [2.24, 2.45) is 5.92 Å². The molecule has 106 valence electrons. The molecule has 0 radical (unpaired) electrons. The molecule has 3 unspecified atom stereocenters. The fraction of sp³-hybridized carbons (Fsp3) is 0.643. The summed E-state index contributed by atoms with van der Waals surface area (Å²) < 4.78 is 10.1. The van der Waals surface area contributed by atoms with Crippen molar-refractivity contribution in [2.45, 2.75) is 32.4 Å². The van der Waals surface area contributed by atoms with E-state index in [9.17, 15) is 9.90 Å². The van der Waals surface area contributed by atoms with Gasteiger partial charge in [0.1, 0.15) is 5.76 Å². The van der Waals surface area contributed by atoms with E-state index in [1.165, 1.54) is 7.11 Å². The summed E-state index contributed by atoms with van der Waals surface area (Å²) in [6.07, 6.45) is 0.669. The molecule has 5 heteroatoms. The number of carbonyl (C=O) groups excluding carboxylic acids is 1. The Bertz CT molecular complexity index is 442. The van der Waals surface area contributed by atoms with Crippen LogP contribution in [0.5, 0.6) is 0 Å². The second kappa shape index (κ2) is 5.75. The highest BCUT2D eigenvalue weighted by Gasteiger charge is 2.29. The second-order valence-electron chi connectivity index (χ2n) is 5.20. The molecule has 0 bridgehead atoms. The average Bonchev–Trinajstić information content (AvgIpc) is 2.89. The van der Waals surface area contributed by atoms with Crippen LogP contribution < -0.4 is 0 Å². The number of esters is 1. The Kier molecular flexibility index (Phi) is 4.27. The topological polar surface area (TPSA) is 62.9 Å². The van der Waals surface area contributed by atoms with Crippen molar-refractivity contribution >= 4 is 5.97 Å². The van der Waals surface area contributed by atoms with Crippen LogP contribution in [0, 0.1) is 5.92 Å². The number of piperidine rings is 1. The fourth-order valence-corrected chi connectivity index (χ4v) is 2.39. The lowest BCUT2D eigenvalue weighted by Crippen LogP contribution is -2.43. The molecule has 1 N–H and O–H groups in total. The van der Waals surface area contributed by atoms with Crippen LogP contribution in [0.4, 0.5) is 0 Å². The van der Waals surface area contributed by atoms with Crippen LogP contribution in [0.25, 0.3) is 0 Å². The van der Waals surface area contributed by atoms with E-state index in [1.807, 2.05) is 6.92 Å². The van der Waals surface area contributed by atoms with Gasteiger partial charge in [-0.15, -0.1) is 0 Å². The van der Waals surface area contributed by atoms with Crippen LogP contribution in [0.3, 0.4) is 0 Å². The molecule has 1 aliphatic rings. The van der Waals surface area contributed by atoms with E-state index >= 15 is 0 Å². The van der Waals surface area contributed by atoms with Gasteiger partial charge in [0.25, 0.3) is 0 Å². The van der Waals surface area contributed by atoms with Gasteiger partial charge >= 0.3 is 5.97 Å². The molecule has 1 fully saturated rings. The third kappa shape index (κ3) is 2.98. The Hall–Kier alpha value is -1.33. The molecular formula is C14H21NO4. The Morgan fingerprint density at radius 3 is 2.95 bits per heavy atom. The minimum atomic E-state index is -0.467. The SMILES string of the molecule is COC(=O)c1ccc(C(C)N2CCC(C)C(O)C2)o1. The van der Waals surface area contributed by atoms with Gasteiger partial charge in [0, 0.05) is 6.54 Å². The van der Waals surface area contributed by atoms with Crippen molar-refractivity contribution in [2.75, 3.05) is 20.2 Å². The van der Waals surface area contributed by atoms with Gasteiger partial charge in [-0.1, -0.05) is 6.92 Å². The molecule has 0 saturated carbocycles. The van der Waals surface area contributed by atoms with E-state index in [4.69, 9.17) is 4.42 Å². The van der Waals surface area contributed by atoms with Crippen molar-refractivity contribution in [3.63, 3.8) is 0 Å². The number of aliphatic hydroxyl groups is 1. The van der Waals surface area contributed by atoms with Crippen LogP contribution in [0.2, 0.25) is 0 Å². The lowest BCUT2D eigenvalue weighted by atomic mass is 9.95. The normalized spacial score (nSPS) is 26.1. The smallest absolute Gasteiger partial charge is 0.373 e. The number of furan rings is 1. The van der Waals surface area contributed by atoms with Gasteiger partial charge in [-0.05, 0) is 37.9 Å². The molecule has 1 aromatic rings. The van der Waals surface area contributed by atoms with E-state index in [1.54, 1.807) is 12.1 Å². The largest absolute Gasteiger partial charge is 0.463 e. The van der Waals surface area contributed by atoms with Gasteiger partial charge in [0.05, 0.1) is 19.3 Å². The van der Waals surface area contributed by atoms with Gasteiger partial charge in [0.2, 0.25) is 5.76 Å². The van der Waals surface area contributed by atoms with Crippen LogP contribution in [0.15, 0.2) is 16.5 Å².